The van der Waals surface area contributed by atoms with E-state index < -0.39 is 6.10 Å². The van der Waals surface area contributed by atoms with Crippen LogP contribution in [0.3, 0.4) is 0 Å². The number of nitrogens with two attached hydrogens (primary N) is 1. The van der Waals surface area contributed by atoms with Gasteiger partial charge in [-0.05, 0) is 22.4 Å². The number of aliphatic hydroxyl groups is 1. The molecule has 3 aromatic rings. The van der Waals surface area contributed by atoms with Gasteiger partial charge >= 0.3 is 0 Å². The lowest BCUT2D eigenvalue weighted by Gasteiger charge is -2.23. The smallest absolute Gasteiger partial charge is 0.0886 e. The highest BCUT2D eigenvalue weighted by Crippen LogP contribution is 2.34. The van der Waals surface area contributed by atoms with Crippen LogP contribution in [0.25, 0.3) is 10.8 Å². The highest BCUT2D eigenvalue weighted by atomic mass is 35.5. The Kier molecular flexibility index (Phi) is 4.39. The predicted octanol–water partition coefficient (Wildman–Crippen LogP) is 3.66. The Balaban J connectivity index is 2.00. The first-order valence-electron chi connectivity index (χ1n) is 7.17. The van der Waals surface area contributed by atoms with Crippen LogP contribution in [0.1, 0.15) is 23.1 Å². The van der Waals surface area contributed by atoms with E-state index in [4.69, 9.17) is 17.3 Å². The molecule has 0 bridgehead atoms. The number of rotatable bonds is 4. The van der Waals surface area contributed by atoms with Crippen LogP contribution in [-0.4, -0.2) is 16.6 Å². The number of halogens is 1. The quantitative estimate of drug-likeness (QED) is 0.773. The molecular weight excluding hydrogens is 296 g/mol. The van der Waals surface area contributed by atoms with Gasteiger partial charge in [0, 0.05) is 30.4 Å². The molecule has 0 saturated carbocycles. The standard InChI is InChI=1S/C18H17ClN2O/c19-17-11-21-8-7-15(17)18(22)16(10-20)14-6-5-12-3-1-2-4-13(12)9-14/h1-9,11,16,18,22H,10,20H2/t16-,18-/m0/s1. The van der Waals surface area contributed by atoms with E-state index in [9.17, 15) is 5.11 Å². The molecule has 0 aliphatic carbocycles. The fourth-order valence-corrected chi connectivity index (χ4v) is 2.96. The summed E-state index contributed by atoms with van der Waals surface area (Å²) in [6.45, 7) is 0.332. The van der Waals surface area contributed by atoms with Crippen molar-refractivity contribution in [2.45, 2.75) is 12.0 Å². The van der Waals surface area contributed by atoms with E-state index in [2.05, 4.69) is 23.2 Å². The lowest BCUT2D eigenvalue weighted by molar-refractivity contribution is 0.147. The zero-order valence-electron chi connectivity index (χ0n) is 12.0. The molecule has 22 heavy (non-hydrogen) atoms. The van der Waals surface area contributed by atoms with Crippen molar-refractivity contribution >= 4 is 22.4 Å². The molecule has 2 aromatic carbocycles. The second-order valence-electron chi connectivity index (χ2n) is 5.29. The van der Waals surface area contributed by atoms with Crippen LogP contribution < -0.4 is 5.73 Å². The Morgan fingerprint density at radius 3 is 2.59 bits per heavy atom. The first kappa shape index (κ1) is 15.0. The van der Waals surface area contributed by atoms with Crippen molar-refractivity contribution < 1.29 is 5.11 Å². The van der Waals surface area contributed by atoms with Gasteiger partial charge in [-0.2, -0.15) is 0 Å². The zero-order valence-corrected chi connectivity index (χ0v) is 12.7. The lowest BCUT2D eigenvalue weighted by Crippen LogP contribution is -2.20. The van der Waals surface area contributed by atoms with Gasteiger partial charge in [0.1, 0.15) is 0 Å². The second-order valence-corrected chi connectivity index (χ2v) is 5.70. The summed E-state index contributed by atoms with van der Waals surface area (Å²) in [4.78, 5) is 3.95. The summed E-state index contributed by atoms with van der Waals surface area (Å²) in [6, 6.07) is 16.0. The fourth-order valence-electron chi connectivity index (χ4n) is 2.73. The van der Waals surface area contributed by atoms with Crippen LogP contribution in [-0.2, 0) is 0 Å². The minimum atomic E-state index is -0.762. The average molecular weight is 313 g/mol. The Bertz CT molecular complexity index is 791. The van der Waals surface area contributed by atoms with Gasteiger partial charge in [-0.1, -0.05) is 54.1 Å². The molecule has 1 aromatic heterocycles. The van der Waals surface area contributed by atoms with Crippen molar-refractivity contribution in [2.24, 2.45) is 5.73 Å². The third-order valence-corrected chi connectivity index (χ3v) is 4.28. The van der Waals surface area contributed by atoms with Crippen LogP contribution in [0.2, 0.25) is 5.02 Å². The molecule has 1 heterocycles. The maximum absolute atomic E-state index is 10.7. The Hall–Kier alpha value is -1.94. The van der Waals surface area contributed by atoms with Crippen LogP contribution in [0, 0.1) is 0 Å². The van der Waals surface area contributed by atoms with Gasteiger partial charge < -0.3 is 10.8 Å². The van der Waals surface area contributed by atoms with Crippen LogP contribution in [0.4, 0.5) is 0 Å². The number of aromatic nitrogens is 1. The molecule has 0 radical (unpaired) electrons. The third kappa shape index (κ3) is 2.83. The van der Waals surface area contributed by atoms with E-state index in [0.717, 1.165) is 10.9 Å². The van der Waals surface area contributed by atoms with E-state index in [1.807, 2.05) is 24.3 Å². The van der Waals surface area contributed by atoms with Crippen molar-refractivity contribution in [3.8, 4) is 0 Å². The van der Waals surface area contributed by atoms with E-state index in [0.29, 0.717) is 17.1 Å². The maximum atomic E-state index is 10.7. The highest BCUT2D eigenvalue weighted by Gasteiger charge is 2.23. The molecule has 0 amide bonds. The minimum Gasteiger partial charge on any atom is -0.388 e. The van der Waals surface area contributed by atoms with E-state index in [1.54, 1.807) is 12.3 Å². The van der Waals surface area contributed by atoms with Gasteiger partial charge in [-0.15, -0.1) is 0 Å². The van der Waals surface area contributed by atoms with Gasteiger partial charge in [0.15, 0.2) is 0 Å². The summed E-state index contributed by atoms with van der Waals surface area (Å²) in [7, 11) is 0. The Morgan fingerprint density at radius 2 is 1.86 bits per heavy atom. The monoisotopic (exact) mass is 312 g/mol. The van der Waals surface area contributed by atoms with E-state index in [-0.39, 0.29) is 5.92 Å². The molecule has 112 valence electrons. The number of fused-ring (bicyclic) bond motifs is 1. The van der Waals surface area contributed by atoms with Crippen LogP contribution >= 0.6 is 11.6 Å². The number of benzene rings is 2. The molecule has 0 fully saturated rings. The minimum absolute atomic E-state index is 0.218. The summed E-state index contributed by atoms with van der Waals surface area (Å²) < 4.78 is 0. The molecular formula is C18H17ClN2O. The van der Waals surface area contributed by atoms with Crippen molar-refractivity contribution in [1.82, 2.24) is 4.98 Å². The molecule has 2 atom stereocenters. The molecule has 4 heteroatoms. The molecule has 0 spiro atoms. The number of pyridine rings is 1. The summed E-state index contributed by atoms with van der Waals surface area (Å²) in [5, 5.41) is 13.4. The van der Waals surface area contributed by atoms with Crippen molar-refractivity contribution in [3.05, 3.63) is 77.1 Å². The van der Waals surface area contributed by atoms with Gasteiger partial charge in [0.25, 0.3) is 0 Å². The van der Waals surface area contributed by atoms with Crippen LogP contribution in [0.15, 0.2) is 60.9 Å². The first-order valence-corrected chi connectivity index (χ1v) is 7.54. The van der Waals surface area contributed by atoms with Gasteiger partial charge in [0.2, 0.25) is 0 Å². The van der Waals surface area contributed by atoms with Crippen molar-refractivity contribution in [3.63, 3.8) is 0 Å². The lowest BCUT2D eigenvalue weighted by atomic mass is 9.88. The first-order chi connectivity index (χ1) is 10.7. The molecule has 3 N–H and O–H groups in total. The maximum Gasteiger partial charge on any atom is 0.0886 e. The zero-order chi connectivity index (χ0) is 15.5. The molecule has 0 unspecified atom stereocenters. The summed E-state index contributed by atoms with van der Waals surface area (Å²) in [5.41, 5.74) is 7.57. The van der Waals surface area contributed by atoms with Crippen molar-refractivity contribution in [2.75, 3.05) is 6.54 Å². The number of hydrogen-bond acceptors (Lipinski definition) is 3. The van der Waals surface area contributed by atoms with Gasteiger partial charge in [-0.3, -0.25) is 4.98 Å². The summed E-state index contributed by atoms with van der Waals surface area (Å²) >= 11 is 6.14. The molecule has 0 aliphatic heterocycles. The number of hydrogen-bond donors (Lipinski definition) is 2. The predicted molar refractivity (Wildman–Crippen MR) is 90.0 cm³/mol. The molecule has 0 saturated heterocycles. The molecule has 0 aliphatic rings. The fraction of sp³-hybridized carbons (Fsp3) is 0.167. The Morgan fingerprint density at radius 1 is 1.09 bits per heavy atom. The average Bonchev–Trinajstić information content (AvgIpc) is 2.55. The van der Waals surface area contributed by atoms with E-state index >= 15 is 0 Å². The number of nitrogens with zero attached hydrogens (tertiary/aromatic N) is 1. The highest BCUT2D eigenvalue weighted by molar-refractivity contribution is 6.31. The SMILES string of the molecule is NC[C@@H](c1ccc2ccccc2c1)[C@@H](O)c1ccncc1Cl. The summed E-state index contributed by atoms with van der Waals surface area (Å²) in [6.07, 6.45) is 2.40. The Labute approximate surface area is 134 Å². The topological polar surface area (TPSA) is 59.1 Å². The number of aliphatic hydroxyl groups excluding tert-OH is 1. The van der Waals surface area contributed by atoms with E-state index in [1.165, 1.54) is 11.6 Å². The normalized spacial score (nSPS) is 14.0. The summed E-state index contributed by atoms with van der Waals surface area (Å²) in [5.74, 6) is -0.218. The van der Waals surface area contributed by atoms with Crippen LogP contribution in [0.5, 0.6) is 0 Å². The second kappa shape index (κ2) is 6.44. The van der Waals surface area contributed by atoms with Crippen molar-refractivity contribution in [1.29, 1.82) is 0 Å². The largest absolute Gasteiger partial charge is 0.388 e. The third-order valence-electron chi connectivity index (χ3n) is 3.96. The molecule has 3 nitrogen and oxygen atoms in total. The van der Waals surface area contributed by atoms with Gasteiger partial charge in [-0.25, -0.2) is 0 Å². The van der Waals surface area contributed by atoms with Gasteiger partial charge in [0.05, 0.1) is 11.1 Å². The molecule has 3 rings (SSSR count).